The molecule has 2 aromatic rings. The Morgan fingerprint density at radius 1 is 1.60 bits per heavy atom. The molecule has 0 radical (unpaired) electrons. The van der Waals surface area contributed by atoms with E-state index >= 15 is 0 Å². The van der Waals surface area contributed by atoms with Crippen LogP contribution in [0.2, 0.25) is 0 Å². The van der Waals surface area contributed by atoms with Gasteiger partial charge in [-0.05, 0) is 30.0 Å². The van der Waals surface area contributed by atoms with Crippen LogP contribution in [0.25, 0.3) is 11.0 Å². The van der Waals surface area contributed by atoms with E-state index < -0.39 is 0 Å². The molecule has 1 aliphatic heterocycles. The van der Waals surface area contributed by atoms with Crippen molar-refractivity contribution in [1.29, 1.82) is 0 Å². The zero-order chi connectivity index (χ0) is 14.3. The van der Waals surface area contributed by atoms with E-state index in [2.05, 4.69) is 23.8 Å². The third kappa shape index (κ3) is 2.18. The van der Waals surface area contributed by atoms with Gasteiger partial charge in [-0.2, -0.15) is 0 Å². The van der Waals surface area contributed by atoms with Crippen molar-refractivity contribution in [3.05, 3.63) is 30.1 Å². The van der Waals surface area contributed by atoms with Crippen LogP contribution in [-0.4, -0.2) is 45.1 Å². The SMILES string of the molecule is CC1(C)C[C@@H](CO)N(C(=O)c2cc3cccnc3[nH]2)C1. The molecule has 0 saturated carbocycles. The van der Waals surface area contributed by atoms with E-state index in [1.54, 1.807) is 11.1 Å². The van der Waals surface area contributed by atoms with Gasteiger partial charge in [-0.1, -0.05) is 13.8 Å². The summed E-state index contributed by atoms with van der Waals surface area (Å²) in [5.41, 5.74) is 1.30. The first kappa shape index (κ1) is 13.1. The number of H-pyrrole nitrogens is 1. The van der Waals surface area contributed by atoms with Crippen molar-refractivity contribution >= 4 is 16.9 Å². The number of pyridine rings is 1. The van der Waals surface area contributed by atoms with Gasteiger partial charge >= 0.3 is 0 Å². The van der Waals surface area contributed by atoms with Crippen molar-refractivity contribution in [2.45, 2.75) is 26.3 Å². The van der Waals surface area contributed by atoms with Crippen molar-refractivity contribution in [3.63, 3.8) is 0 Å². The molecule has 0 spiro atoms. The molecule has 1 fully saturated rings. The number of amides is 1. The maximum absolute atomic E-state index is 12.6. The van der Waals surface area contributed by atoms with Crippen LogP contribution in [0.4, 0.5) is 0 Å². The number of nitrogens with zero attached hydrogens (tertiary/aromatic N) is 2. The Morgan fingerprint density at radius 3 is 3.10 bits per heavy atom. The number of fused-ring (bicyclic) bond motifs is 1. The van der Waals surface area contributed by atoms with E-state index in [-0.39, 0.29) is 24.0 Å². The Labute approximate surface area is 117 Å². The minimum absolute atomic E-state index is 0.00759. The number of likely N-dealkylation sites (tertiary alicyclic amines) is 1. The Bertz CT molecular complexity index is 614. The zero-order valence-corrected chi connectivity index (χ0v) is 11.8. The highest BCUT2D eigenvalue weighted by Gasteiger charge is 2.40. The Kier molecular flexibility index (Phi) is 3.01. The highest BCUT2D eigenvalue weighted by Crippen LogP contribution is 2.34. The standard InChI is InChI=1S/C15H19N3O2/c1-15(2)7-11(8-19)18(9-15)14(20)12-6-10-4-3-5-16-13(10)17-12/h3-6,11,19H,7-9H2,1-2H3,(H,16,17)/t11-/m0/s1. The number of carbonyl (C=O) groups is 1. The maximum atomic E-state index is 12.6. The van der Waals surface area contributed by atoms with Gasteiger partial charge in [0.05, 0.1) is 12.6 Å². The second kappa shape index (κ2) is 4.59. The van der Waals surface area contributed by atoms with E-state index in [1.807, 2.05) is 18.2 Å². The molecular weight excluding hydrogens is 254 g/mol. The highest BCUT2D eigenvalue weighted by atomic mass is 16.3. The molecule has 2 aromatic heterocycles. The fourth-order valence-electron chi connectivity index (χ4n) is 3.03. The van der Waals surface area contributed by atoms with Crippen molar-refractivity contribution < 1.29 is 9.90 Å². The smallest absolute Gasteiger partial charge is 0.270 e. The van der Waals surface area contributed by atoms with Crippen LogP contribution in [0.15, 0.2) is 24.4 Å². The topological polar surface area (TPSA) is 69.2 Å². The highest BCUT2D eigenvalue weighted by molar-refractivity contribution is 5.97. The van der Waals surface area contributed by atoms with Gasteiger partial charge in [0.15, 0.2) is 0 Å². The van der Waals surface area contributed by atoms with Crippen LogP contribution in [0, 0.1) is 5.41 Å². The van der Waals surface area contributed by atoms with Gasteiger partial charge in [0.1, 0.15) is 11.3 Å². The molecule has 3 rings (SSSR count). The summed E-state index contributed by atoms with van der Waals surface area (Å²) in [7, 11) is 0. The number of hydrogen-bond acceptors (Lipinski definition) is 3. The number of nitrogens with one attached hydrogen (secondary N) is 1. The fourth-order valence-corrected chi connectivity index (χ4v) is 3.03. The average molecular weight is 273 g/mol. The molecule has 0 aliphatic carbocycles. The number of aliphatic hydroxyl groups is 1. The lowest BCUT2D eigenvalue weighted by atomic mass is 9.91. The predicted octanol–water partition coefficient (Wildman–Crippen LogP) is 1.80. The summed E-state index contributed by atoms with van der Waals surface area (Å²) in [5.74, 6) is -0.0624. The van der Waals surface area contributed by atoms with Crippen LogP contribution in [0.5, 0.6) is 0 Å². The number of aromatic nitrogens is 2. The van der Waals surface area contributed by atoms with E-state index in [0.717, 1.165) is 17.5 Å². The molecule has 1 aliphatic rings. The van der Waals surface area contributed by atoms with Crippen LogP contribution < -0.4 is 0 Å². The molecular formula is C15H19N3O2. The molecule has 0 bridgehead atoms. The van der Waals surface area contributed by atoms with Crippen molar-refractivity contribution in [1.82, 2.24) is 14.9 Å². The predicted molar refractivity (Wildman–Crippen MR) is 76.4 cm³/mol. The largest absolute Gasteiger partial charge is 0.394 e. The molecule has 1 atom stereocenters. The molecule has 1 saturated heterocycles. The van der Waals surface area contributed by atoms with E-state index in [0.29, 0.717) is 12.2 Å². The molecule has 3 heterocycles. The number of rotatable bonds is 2. The molecule has 0 aromatic carbocycles. The number of carbonyl (C=O) groups excluding carboxylic acids is 1. The zero-order valence-electron chi connectivity index (χ0n) is 11.8. The summed E-state index contributed by atoms with van der Waals surface area (Å²) in [5, 5.41) is 10.4. The maximum Gasteiger partial charge on any atom is 0.270 e. The van der Waals surface area contributed by atoms with Crippen LogP contribution in [-0.2, 0) is 0 Å². The lowest BCUT2D eigenvalue weighted by Gasteiger charge is -2.22. The summed E-state index contributed by atoms with van der Waals surface area (Å²) in [6.07, 6.45) is 2.52. The quantitative estimate of drug-likeness (QED) is 0.876. The first-order valence-corrected chi connectivity index (χ1v) is 6.86. The van der Waals surface area contributed by atoms with Gasteiger partial charge in [0.25, 0.3) is 5.91 Å². The summed E-state index contributed by atoms with van der Waals surface area (Å²) in [4.78, 5) is 21.7. The Balaban J connectivity index is 1.91. The summed E-state index contributed by atoms with van der Waals surface area (Å²) in [6.45, 7) is 4.92. The molecule has 2 N–H and O–H groups in total. The third-order valence-electron chi connectivity index (χ3n) is 3.92. The molecule has 5 heteroatoms. The Hall–Kier alpha value is -1.88. The van der Waals surface area contributed by atoms with E-state index in [1.165, 1.54) is 0 Å². The normalized spacial score (nSPS) is 21.6. The second-order valence-electron chi connectivity index (χ2n) is 6.26. The third-order valence-corrected chi connectivity index (χ3v) is 3.92. The average Bonchev–Trinajstić information content (AvgIpc) is 2.98. The van der Waals surface area contributed by atoms with Gasteiger partial charge in [-0.15, -0.1) is 0 Å². The lowest BCUT2D eigenvalue weighted by molar-refractivity contribution is 0.0665. The van der Waals surface area contributed by atoms with Gasteiger partial charge in [-0.25, -0.2) is 4.98 Å². The molecule has 106 valence electrons. The minimum Gasteiger partial charge on any atom is -0.394 e. The van der Waals surface area contributed by atoms with Crippen molar-refractivity contribution in [2.75, 3.05) is 13.2 Å². The number of aromatic amines is 1. The first-order valence-electron chi connectivity index (χ1n) is 6.86. The van der Waals surface area contributed by atoms with Gasteiger partial charge < -0.3 is 15.0 Å². The monoisotopic (exact) mass is 273 g/mol. The fraction of sp³-hybridized carbons (Fsp3) is 0.467. The van der Waals surface area contributed by atoms with Crippen molar-refractivity contribution in [3.8, 4) is 0 Å². The lowest BCUT2D eigenvalue weighted by Crippen LogP contribution is -2.38. The van der Waals surface area contributed by atoms with Crippen LogP contribution >= 0.6 is 0 Å². The van der Waals surface area contributed by atoms with Gasteiger partial charge in [-0.3, -0.25) is 4.79 Å². The first-order chi connectivity index (χ1) is 9.50. The minimum atomic E-state index is -0.100. The molecule has 20 heavy (non-hydrogen) atoms. The van der Waals surface area contributed by atoms with Gasteiger partial charge in [0.2, 0.25) is 0 Å². The summed E-state index contributed by atoms with van der Waals surface area (Å²) >= 11 is 0. The summed E-state index contributed by atoms with van der Waals surface area (Å²) in [6, 6.07) is 5.49. The van der Waals surface area contributed by atoms with Crippen molar-refractivity contribution in [2.24, 2.45) is 5.41 Å². The summed E-state index contributed by atoms with van der Waals surface area (Å²) < 4.78 is 0. The van der Waals surface area contributed by atoms with Gasteiger partial charge in [0, 0.05) is 18.1 Å². The second-order valence-corrected chi connectivity index (χ2v) is 6.26. The van der Waals surface area contributed by atoms with E-state index in [4.69, 9.17) is 0 Å². The van der Waals surface area contributed by atoms with Crippen LogP contribution in [0.1, 0.15) is 30.8 Å². The molecule has 1 amide bonds. The molecule has 0 unspecified atom stereocenters. The number of hydrogen-bond donors (Lipinski definition) is 2. The van der Waals surface area contributed by atoms with E-state index in [9.17, 15) is 9.90 Å². The Morgan fingerprint density at radius 2 is 2.40 bits per heavy atom. The number of aliphatic hydroxyl groups excluding tert-OH is 1. The molecule has 5 nitrogen and oxygen atoms in total. The van der Waals surface area contributed by atoms with Crippen LogP contribution in [0.3, 0.4) is 0 Å².